The molecule has 0 amide bonds. The van der Waals surface area contributed by atoms with Gasteiger partial charge < -0.3 is 5.32 Å². The Morgan fingerprint density at radius 2 is 1.63 bits per heavy atom. The Morgan fingerprint density at radius 3 is 2.22 bits per heavy atom. The molecule has 0 aliphatic heterocycles. The molecule has 0 atom stereocenters. The lowest BCUT2D eigenvalue weighted by Gasteiger charge is -2.35. The molecule has 1 fully saturated rings. The number of aryl methyl sites for hydroxylation is 1. The highest BCUT2D eigenvalue weighted by molar-refractivity contribution is 6.30. The van der Waals surface area contributed by atoms with Crippen molar-refractivity contribution in [1.82, 2.24) is 5.32 Å². The lowest BCUT2D eigenvalue weighted by Crippen LogP contribution is -2.44. The topological polar surface area (TPSA) is 29.1 Å². The fraction of sp³-hybridized carbons (Fsp3) is 0.292. The Kier molecular flexibility index (Phi) is 6.04. The van der Waals surface area contributed by atoms with Crippen molar-refractivity contribution in [2.24, 2.45) is 0 Å². The fourth-order valence-electron chi connectivity index (χ4n) is 3.47. The molecule has 1 aliphatic carbocycles. The minimum atomic E-state index is -0.394. The van der Waals surface area contributed by atoms with Crippen LogP contribution in [0.5, 0.6) is 0 Å². The Hall–Kier alpha value is -2.50. The first-order valence-electron chi connectivity index (χ1n) is 9.36. The number of nitrogens with one attached hydrogen (secondary N) is 1. The highest BCUT2D eigenvalue weighted by atomic mass is 35.5. The molecule has 2 aromatic carbocycles. The fourth-order valence-corrected chi connectivity index (χ4v) is 3.60. The Balaban J connectivity index is 1.96. The maximum Gasteiger partial charge on any atom is 0.187 e. The second-order valence-electron chi connectivity index (χ2n) is 7.21. The molecular formula is C24H24ClNO. The number of hydrogen-bond acceptors (Lipinski definition) is 2. The third kappa shape index (κ3) is 4.81. The minimum Gasteiger partial charge on any atom is -0.368 e. The summed E-state index contributed by atoms with van der Waals surface area (Å²) in [6.07, 6.45) is 12.8. The largest absolute Gasteiger partial charge is 0.368 e. The van der Waals surface area contributed by atoms with Crippen LogP contribution in [0.4, 0.5) is 0 Å². The lowest BCUT2D eigenvalue weighted by atomic mass is 9.82. The van der Waals surface area contributed by atoms with Crippen LogP contribution in [0.15, 0.2) is 54.6 Å². The van der Waals surface area contributed by atoms with E-state index in [1.807, 2.05) is 31.2 Å². The Morgan fingerprint density at radius 1 is 1.04 bits per heavy atom. The van der Waals surface area contributed by atoms with E-state index in [-0.39, 0.29) is 5.78 Å². The van der Waals surface area contributed by atoms with Gasteiger partial charge >= 0.3 is 0 Å². The molecule has 3 heteroatoms. The van der Waals surface area contributed by atoms with Crippen molar-refractivity contribution in [3.05, 3.63) is 76.3 Å². The van der Waals surface area contributed by atoms with Gasteiger partial charge in [0, 0.05) is 22.4 Å². The second-order valence-corrected chi connectivity index (χ2v) is 7.64. The Labute approximate surface area is 166 Å². The number of terminal acetylenes is 1. The SMILES string of the molecule is C#CC1(N/C(=C\C(=O)c2ccc(Cl)cc2)c2ccc(C)cc2)CCCCC1. The van der Waals surface area contributed by atoms with Crippen LogP contribution in [0.1, 0.15) is 53.6 Å². The number of ketones is 1. The molecule has 2 aromatic rings. The van der Waals surface area contributed by atoms with Gasteiger partial charge in [0.2, 0.25) is 0 Å². The first kappa shape index (κ1) is 19.3. The standard InChI is InChI=1S/C24H24ClNO/c1-3-24(15-5-4-6-16-24)26-22(19-9-7-18(2)8-10-19)17-23(27)20-11-13-21(25)14-12-20/h1,7-14,17,26H,4-6,15-16H2,2H3/b22-17-. The van der Waals surface area contributed by atoms with Gasteiger partial charge in [-0.2, -0.15) is 0 Å². The van der Waals surface area contributed by atoms with Crippen LogP contribution in [-0.4, -0.2) is 11.3 Å². The van der Waals surface area contributed by atoms with Crippen LogP contribution in [0.3, 0.4) is 0 Å². The zero-order valence-electron chi connectivity index (χ0n) is 15.6. The molecule has 138 valence electrons. The molecule has 0 saturated heterocycles. The number of benzene rings is 2. The monoisotopic (exact) mass is 377 g/mol. The van der Waals surface area contributed by atoms with E-state index in [1.54, 1.807) is 30.3 Å². The van der Waals surface area contributed by atoms with E-state index in [1.165, 1.54) is 12.0 Å². The third-order valence-electron chi connectivity index (χ3n) is 5.12. The van der Waals surface area contributed by atoms with Gasteiger partial charge in [-0.1, -0.05) is 66.6 Å². The van der Waals surface area contributed by atoms with Crippen molar-refractivity contribution in [2.45, 2.75) is 44.6 Å². The van der Waals surface area contributed by atoms with Gasteiger partial charge in [-0.05, 0) is 49.6 Å². The van der Waals surface area contributed by atoms with Gasteiger partial charge in [0.05, 0.1) is 5.54 Å². The van der Waals surface area contributed by atoms with Crippen molar-refractivity contribution < 1.29 is 4.79 Å². The molecule has 3 rings (SSSR count). The molecule has 0 aromatic heterocycles. The van der Waals surface area contributed by atoms with Gasteiger partial charge in [0.25, 0.3) is 0 Å². The van der Waals surface area contributed by atoms with E-state index in [2.05, 4.69) is 11.2 Å². The van der Waals surface area contributed by atoms with Crippen LogP contribution in [-0.2, 0) is 0 Å². The van der Waals surface area contributed by atoms with Gasteiger partial charge in [0.15, 0.2) is 5.78 Å². The number of carbonyl (C=O) groups is 1. The summed E-state index contributed by atoms with van der Waals surface area (Å²) in [6.45, 7) is 2.05. The average Bonchev–Trinajstić information content (AvgIpc) is 2.69. The van der Waals surface area contributed by atoms with E-state index in [0.29, 0.717) is 10.6 Å². The molecule has 2 nitrogen and oxygen atoms in total. The highest BCUT2D eigenvalue weighted by Crippen LogP contribution is 2.30. The molecular weight excluding hydrogens is 354 g/mol. The van der Waals surface area contributed by atoms with Crippen LogP contribution >= 0.6 is 11.6 Å². The summed E-state index contributed by atoms with van der Waals surface area (Å²) < 4.78 is 0. The molecule has 0 radical (unpaired) electrons. The first-order chi connectivity index (χ1) is 13.0. The number of carbonyl (C=O) groups excluding carboxylic acids is 1. The third-order valence-corrected chi connectivity index (χ3v) is 5.38. The molecule has 0 heterocycles. The summed E-state index contributed by atoms with van der Waals surface area (Å²) in [7, 11) is 0. The number of rotatable bonds is 5. The van der Waals surface area contributed by atoms with E-state index in [0.717, 1.165) is 36.9 Å². The summed E-state index contributed by atoms with van der Waals surface area (Å²) in [6, 6.07) is 15.1. The predicted molar refractivity (Wildman–Crippen MR) is 113 cm³/mol. The van der Waals surface area contributed by atoms with Crippen LogP contribution in [0, 0.1) is 19.3 Å². The van der Waals surface area contributed by atoms with Crippen molar-refractivity contribution in [2.75, 3.05) is 0 Å². The number of halogens is 1. The van der Waals surface area contributed by atoms with E-state index in [4.69, 9.17) is 18.0 Å². The van der Waals surface area contributed by atoms with Crippen molar-refractivity contribution in [3.63, 3.8) is 0 Å². The molecule has 0 spiro atoms. The first-order valence-corrected chi connectivity index (χ1v) is 9.74. The molecule has 1 saturated carbocycles. The number of allylic oxidation sites excluding steroid dienone is 1. The van der Waals surface area contributed by atoms with Crippen LogP contribution in [0.25, 0.3) is 5.70 Å². The van der Waals surface area contributed by atoms with Gasteiger partial charge in [-0.15, -0.1) is 6.42 Å². The molecule has 1 N–H and O–H groups in total. The normalized spacial score (nSPS) is 16.4. The second kappa shape index (κ2) is 8.46. The summed E-state index contributed by atoms with van der Waals surface area (Å²) in [5.41, 5.74) is 3.11. The summed E-state index contributed by atoms with van der Waals surface area (Å²) >= 11 is 5.94. The van der Waals surface area contributed by atoms with E-state index in [9.17, 15) is 4.79 Å². The van der Waals surface area contributed by atoms with Gasteiger partial charge in [-0.3, -0.25) is 4.79 Å². The highest BCUT2D eigenvalue weighted by Gasteiger charge is 2.30. The quantitative estimate of drug-likeness (QED) is 0.405. The maximum atomic E-state index is 12.8. The smallest absolute Gasteiger partial charge is 0.187 e. The van der Waals surface area contributed by atoms with E-state index >= 15 is 0 Å². The maximum absolute atomic E-state index is 12.8. The van der Waals surface area contributed by atoms with E-state index < -0.39 is 5.54 Å². The zero-order chi connectivity index (χ0) is 19.3. The molecule has 0 unspecified atom stereocenters. The molecule has 1 aliphatic rings. The number of hydrogen-bond donors (Lipinski definition) is 1. The van der Waals surface area contributed by atoms with Crippen molar-refractivity contribution in [1.29, 1.82) is 0 Å². The molecule has 27 heavy (non-hydrogen) atoms. The summed E-state index contributed by atoms with van der Waals surface area (Å²) in [4.78, 5) is 12.8. The van der Waals surface area contributed by atoms with Crippen molar-refractivity contribution >= 4 is 23.1 Å². The van der Waals surface area contributed by atoms with Gasteiger partial charge in [-0.25, -0.2) is 0 Å². The molecule has 0 bridgehead atoms. The van der Waals surface area contributed by atoms with Crippen LogP contribution in [0.2, 0.25) is 5.02 Å². The summed E-state index contributed by atoms with van der Waals surface area (Å²) in [5.74, 6) is 2.90. The lowest BCUT2D eigenvalue weighted by molar-refractivity contribution is 0.104. The van der Waals surface area contributed by atoms with Crippen molar-refractivity contribution in [3.8, 4) is 12.3 Å². The Bertz CT molecular complexity index is 866. The van der Waals surface area contributed by atoms with Crippen LogP contribution < -0.4 is 5.32 Å². The minimum absolute atomic E-state index is 0.0716. The summed E-state index contributed by atoms with van der Waals surface area (Å²) in [5, 5.41) is 4.16. The van der Waals surface area contributed by atoms with Gasteiger partial charge in [0.1, 0.15) is 0 Å². The predicted octanol–water partition coefficient (Wildman–Crippen LogP) is 5.80. The zero-order valence-corrected chi connectivity index (χ0v) is 16.4. The average molecular weight is 378 g/mol.